The minimum Gasteiger partial charge on any atom is -0.380 e. The van der Waals surface area contributed by atoms with Gasteiger partial charge in [0.1, 0.15) is 0 Å². The van der Waals surface area contributed by atoms with E-state index < -0.39 is 0 Å². The Morgan fingerprint density at radius 3 is 3.06 bits per heavy atom. The van der Waals surface area contributed by atoms with Crippen LogP contribution in [0.5, 0.6) is 0 Å². The lowest BCUT2D eigenvalue weighted by Crippen LogP contribution is -2.19. The second-order valence-corrected chi connectivity index (χ2v) is 6.38. The molecular weight excluding hydrogens is 230 g/mol. The second-order valence-electron chi connectivity index (χ2n) is 5.16. The van der Waals surface area contributed by atoms with Gasteiger partial charge in [0.05, 0.1) is 6.61 Å². The van der Waals surface area contributed by atoms with Crippen LogP contribution in [0.3, 0.4) is 0 Å². The fourth-order valence-electron chi connectivity index (χ4n) is 2.15. The summed E-state index contributed by atoms with van der Waals surface area (Å²) in [7, 11) is 0. The molecule has 1 heterocycles. The molecular formula is C14H23NOS. The molecule has 0 atom stereocenters. The second kappa shape index (κ2) is 6.53. The van der Waals surface area contributed by atoms with Crippen molar-refractivity contribution in [2.75, 3.05) is 19.8 Å². The number of rotatable bonds is 7. The van der Waals surface area contributed by atoms with Crippen molar-refractivity contribution in [3.63, 3.8) is 0 Å². The average Bonchev–Trinajstić information content (AvgIpc) is 2.82. The average molecular weight is 253 g/mol. The molecule has 1 aliphatic carbocycles. The van der Waals surface area contributed by atoms with Gasteiger partial charge in [-0.05, 0) is 36.8 Å². The number of hydrogen-bond acceptors (Lipinski definition) is 3. The molecule has 0 saturated heterocycles. The van der Waals surface area contributed by atoms with E-state index in [9.17, 15) is 0 Å². The van der Waals surface area contributed by atoms with E-state index >= 15 is 0 Å². The molecule has 96 valence electrons. The molecule has 0 amide bonds. The highest BCUT2D eigenvalue weighted by Gasteiger charge is 2.14. The molecule has 0 fully saturated rings. The van der Waals surface area contributed by atoms with Crippen LogP contribution in [0.25, 0.3) is 0 Å². The van der Waals surface area contributed by atoms with Crippen molar-refractivity contribution in [3.8, 4) is 0 Å². The van der Waals surface area contributed by atoms with E-state index in [1.165, 1.54) is 24.1 Å². The standard InChI is InChI=1S/C14H23NOS/c1-11(2)10-16-7-6-15-9-13-8-12-4-3-5-14(12)17-13/h8,11,15H,3-7,9-10H2,1-2H3. The van der Waals surface area contributed by atoms with Crippen LogP contribution < -0.4 is 5.32 Å². The van der Waals surface area contributed by atoms with Gasteiger partial charge in [0, 0.05) is 29.5 Å². The smallest absolute Gasteiger partial charge is 0.0591 e. The molecule has 0 aliphatic heterocycles. The lowest BCUT2D eigenvalue weighted by Gasteiger charge is -2.07. The molecule has 1 aromatic rings. The van der Waals surface area contributed by atoms with Crippen LogP contribution in [0, 0.1) is 5.92 Å². The third-order valence-corrected chi connectivity index (χ3v) is 4.21. The predicted molar refractivity (Wildman–Crippen MR) is 73.7 cm³/mol. The largest absolute Gasteiger partial charge is 0.380 e. The number of aryl methyl sites for hydroxylation is 2. The van der Waals surface area contributed by atoms with Gasteiger partial charge >= 0.3 is 0 Å². The van der Waals surface area contributed by atoms with E-state index in [0.29, 0.717) is 5.92 Å². The zero-order valence-electron chi connectivity index (χ0n) is 10.9. The van der Waals surface area contributed by atoms with Gasteiger partial charge in [-0.3, -0.25) is 0 Å². The van der Waals surface area contributed by atoms with Gasteiger partial charge in [-0.15, -0.1) is 11.3 Å². The quantitative estimate of drug-likeness (QED) is 0.754. The van der Waals surface area contributed by atoms with E-state index in [1.807, 2.05) is 11.3 Å². The lowest BCUT2D eigenvalue weighted by molar-refractivity contribution is 0.111. The van der Waals surface area contributed by atoms with E-state index in [0.717, 1.165) is 26.3 Å². The number of nitrogens with one attached hydrogen (secondary N) is 1. The van der Waals surface area contributed by atoms with Crippen molar-refractivity contribution in [2.45, 2.75) is 39.7 Å². The van der Waals surface area contributed by atoms with Crippen LogP contribution in [-0.2, 0) is 24.1 Å². The summed E-state index contributed by atoms with van der Waals surface area (Å²) < 4.78 is 5.54. The highest BCUT2D eigenvalue weighted by atomic mass is 32.1. The summed E-state index contributed by atoms with van der Waals surface area (Å²) in [5.74, 6) is 0.635. The van der Waals surface area contributed by atoms with Gasteiger partial charge in [-0.1, -0.05) is 13.8 Å². The highest BCUT2D eigenvalue weighted by Crippen LogP contribution is 2.30. The molecule has 3 heteroatoms. The molecule has 2 rings (SSSR count). The zero-order chi connectivity index (χ0) is 12.1. The monoisotopic (exact) mass is 253 g/mol. The topological polar surface area (TPSA) is 21.3 Å². The van der Waals surface area contributed by atoms with Crippen molar-refractivity contribution in [1.29, 1.82) is 0 Å². The first-order valence-electron chi connectivity index (χ1n) is 6.64. The summed E-state index contributed by atoms with van der Waals surface area (Å²) in [5, 5.41) is 3.45. The Kier molecular flexibility index (Phi) is 5.01. The van der Waals surface area contributed by atoms with Gasteiger partial charge in [0.2, 0.25) is 0 Å². The van der Waals surface area contributed by atoms with Gasteiger partial charge in [0.25, 0.3) is 0 Å². The first kappa shape index (κ1) is 13.1. The lowest BCUT2D eigenvalue weighted by atomic mass is 10.2. The number of ether oxygens (including phenoxy) is 1. The summed E-state index contributed by atoms with van der Waals surface area (Å²) in [4.78, 5) is 3.11. The van der Waals surface area contributed by atoms with Crippen LogP contribution >= 0.6 is 11.3 Å². The summed E-state index contributed by atoms with van der Waals surface area (Å²) in [6.07, 6.45) is 3.96. The maximum Gasteiger partial charge on any atom is 0.0591 e. The Hall–Kier alpha value is -0.380. The SMILES string of the molecule is CC(C)COCCNCc1cc2c(s1)CCC2. The summed E-state index contributed by atoms with van der Waals surface area (Å²) in [6, 6.07) is 2.38. The predicted octanol–water partition coefficient (Wildman–Crippen LogP) is 3.00. The molecule has 0 bridgehead atoms. The number of fused-ring (bicyclic) bond motifs is 1. The first-order chi connectivity index (χ1) is 8.25. The normalized spacial score (nSPS) is 14.5. The third kappa shape index (κ3) is 4.09. The molecule has 0 aromatic carbocycles. The van der Waals surface area contributed by atoms with Gasteiger partial charge in [0.15, 0.2) is 0 Å². The molecule has 1 aliphatic rings. The van der Waals surface area contributed by atoms with E-state index in [1.54, 1.807) is 10.4 Å². The van der Waals surface area contributed by atoms with Crippen LogP contribution in [0.15, 0.2) is 6.07 Å². The Morgan fingerprint density at radius 2 is 2.29 bits per heavy atom. The molecule has 1 aromatic heterocycles. The van der Waals surface area contributed by atoms with Crippen molar-refractivity contribution in [2.24, 2.45) is 5.92 Å². The molecule has 17 heavy (non-hydrogen) atoms. The maximum atomic E-state index is 5.54. The van der Waals surface area contributed by atoms with Crippen molar-refractivity contribution in [3.05, 3.63) is 21.4 Å². The van der Waals surface area contributed by atoms with Crippen LogP contribution in [0.4, 0.5) is 0 Å². The van der Waals surface area contributed by atoms with Crippen LogP contribution in [0.1, 0.15) is 35.6 Å². The zero-order valence-corrected chi connectivity index (χ0v) is 11.7. The third-order valence-electron chi connectivity index (χ3n) is 2.97. The van der Waals surface area contributed by atoms with Gasteiger partial charge < -0.3 is 10.1 Å². The Labute approximate surface area is 108 Å². The van der Waals surface area contributed by atoms with Crippen molar-refractivity contribution < 1.29 is 4.74 Å². The molecule has 2 nitrogen and oxygen atoms in total. The Bertz CT molecular complexity index is 324. The van der Waals surface area contributed by atoms with Crippen molar-refractivity contribution >= 4 is 11.3 Å². The maximum absolute atomic E-state index is 5.54. The number of thiophene rings is 1. The molecule has 0 spiro atoms. The van der Waals surface area contributed by atoms with Crippen LogP contribution in [0.2, 0.25) is 0 Å². The molecule has 0 radical (unpaired) electrons. The molecule has 0 unspecified atom stereocenters. The molecule has 1 N–H and O–H groups in total. The fourth-order valence-corrected chi connectivity index (χ4v) is 3.38. The van der Waals surface area contributed by atoms with Gasteiger partial charge in [-0.25, -0.2) is 0 Å². The molecule has 0 saturated carbocycles. The minimum absolute atomic E-state index is 0.635. The van der Waals surface area contributed by atoms with Gasteiger partial charge in [-0.2, -0.15) is 0 Å². The number of hydrogen-bond donors (Lipinski definition) is 1. The first-order valence-corrected chi connectivity index (χ1v) is 7.46. The summed E-state index contributed by atoms with van der Waals surface area (Å²) in [5.41, 5.74) is 1.60. The highest BCUT2D eigenvalue weighted by molar-refractivity contribution is 7.12. The Balaban J connectivity index is 1.58. The van der Waals surface area contributed by atoms with Crippen LogP contribution in [-0.4, -0.2) is 19.8 Å². The van der Waals surface area contributed by atoms with E-state index in [4.69, 9.17) is 4.74 Å². The minimum atomic E-state index is 0.635. The summed E-state index contributed by atoms with van der Waals surface area (Å²) >= 11 is 1.99. The van der Waals surface area contributed by atoms with Crippen molar-refractivity contribution in [1.82, 2.24) is 5.32 Å². The Morgan fingerprint density at radius 1 is 1.41 bits per heavy atom. The summed E-state index contributed by atoms with van der Waals surface area (Å²) in [6.45, 7) is 8.01. The fraction of sp³-hybridized carbons (Fsp3) is 0.714. The van der Waals surface area contributed by atoms with E-state index in [-0.39, 0.29) is 0 Å². The van der Waals surface area contributed by atoms with E-state index in [2.05, 4.69) is 25.2 Å².